The number of hydrogen-bond donors (Lipinski definition) is 1. The Labute approximate surface area is 134 Å². The maximum Gasteiger partial charge on any atom is 0.379 e. The van der Waals surface area contributed by atoms with Crippen LogP contribution in [0.15, 0.2) is 41.7 Å². The number of aliphatic hydroxyl groups is 1. The molecule has 5 heteroatoms. The van der Waals surface area contributed by atoms with Crippen molar-refractivity contribution in [1.29, 1.82) is 0 Å². The second kappa shape index (κ2) is 5.81. The van der Waals surface area contributed by atoms with E-state index in [0.29, 0.717) is 12.8 Å². The van der Waals surface area contributed by atoms with Gasteiger partial charge in [0.2, 0.25) is 0 Å². The summed E-state index contributed by atoms with van der Waals surface area (Å²) in [7, 11) is 0. The summed E-state index contributed by atoms with van der Waals surface area (Å²) in [5.74, 6) is -3.23. The van der Waals surface area contributed by atoms with Crippen LogP contribution < -0.4 is 0 Å². The molecule has 2 atom stereocenters. The third kappa shape index (κ3) is 2.88. The Hall–Kier alpha value is -2.14. The van der Waals surface area contributed by atoms with Crippen LogP contribution in [0, 0.1) is 0 Å². The van der Waals surface area contributed by atoms with E-state index in [4.69, 9.17) is 9.47 Å². The van der Waals surface area contributed by atoms with Crippen molar-refractivity contribution in [2.24, 2.45) is 0 Å². The monoisotopic (exact) mass is 316 g/mol. The van der Waals surface area contributed by atoms with E-state index in [1.807, 2.05) is 30.3 Å². The molecule has 1 heterocycles. The zero-order valence-corrected chi connectivity index (χ0v) is 13.2. The van der Waals surface area contributed by atoms with Crippen LogP contribution in [0.5, 0.6) is 0 Å². The predicted octanol–water partition coefficient (Wildman–Crippen LogP) is 2.45. The molecule has 1 N–H and O–H groups in total. The molecule has 0 amide bonds. The molecule has 1 aliphatic heterocycles. The molecule has 23 heavy (non-hydrogen) atoms. The quantitative estimate of drug-likeness (QED) is 0.867. The Bertz CT molecular complexity index is 661. The predicted molar refractivity (Wildman–Crippen MR) is 82.3 cm³/mol. The number of hydrogen-bond acceptors (Lipinski definition) is 5. The van der Waals surface area contributed by atoms with Gasteiger partial charge in [-0.05, 0) is 31.4 Å². The molecule has 0 aromatic heterocycles. The van der Waals surface area contributed by atoms with Gasteiger partial charge in [0.25, 0.3) is 0 Å². The molecule has 0 saturated carbocycles. The van der Waals surface area contributed by atoms with Crippen LogP contribution in [0.4, 0.5) is 0 Å². The molecule has 0 radical (unpaired) electrons. The Morgan fingerprint density at radius 2 is 2.00 bits per heavy atom. The van der Waals surface area contributed by atoms with Crippen molar-refractivity contribution >= 4 is 11.8 Å². The molecule has 0 saturated heterocycles. The van der Waals surface area contributed by atoms with Gasteiger partial charge >= 0.3 is 11.8 Å². The maximum atomic E-state index is 12.3. The minimum absolute atomic E-state index is 0.0503. The first-order valence-electron chi connectivity index (χ1n) is 7.84. The largest absolute Gasteiger partial charge is 0.458 e. The summed E-state index contributed by atoms with van der Waals surface area (Å²) in [5.41, 5.74) is 1.82. The molecule has 0 fully saturated rings. The topological polar surface area (TPSA) is 72.8 Å². The lowest BCUT2D eigenvalue weighted by atomic mass is 9.83. The van der Waals surface area contributed by atoms with Crippen LogP contribution in [0.2, 0.25) is 0 Å². The van der Waals surface area contributed by atoms with Gasteiger partial charge in [0.1, 0.15) is 0 Å². The summed E-state index contributed by atoms with van der Waals surface area (Å²) in [6.45, 7) is 3.40. The van der Waals surface area contributed by atoms with Gasteiger partial charge < -0.3 is 14.6 Å². The first kappa shape index (κ1) is 15.7. The van der Waals surface area contributed by atoms with Crippen molar-refractivity contribution in [3.8, 4) is 0 Å². The summed E-state index contributed by atoms with van der Waals surface area (Å²) in [5, 5.41) is 10.7. The van der Waals surface area contributed by atoms with E-state index in [1.54, 1.807) is 13.8 Å². The minimum atomic E-state index is -2.12. The van der Waals surface area contributed by atoms with E-state index in [0.717, 1.165) is 11.1 Å². The number of carbonyl (C=O) groups is 2. The van der Waals surface area contributed by atoms with Crippen molar-refractivity contribution < 1.29 is 24.2 Å². The van der Waals surface area contributed by atoms with E-state index in [1.165, 1.54) is 0 Å². The van der Waals surface area contributed by atoms with Crippen LogP contribution in [0.3, 0.4) is 0 Å². The number of Topliss-reactive ketones (excluding diaryl/α,β-unsaturated/α-hetero) is 1. The lowest BCUT2D eigenvalue weighted by molar-refractivity contribution is -0.225. The van der Waals surface area contributed by atoms with Crippen LogP contribution in [0.1, 0.15) is 44.6 Å². The Morgan fingerprint density at radius 1 is 1.30 bits per heavy atom. The van der Waals surface area contributed by atoms with Crippen molar-refractivity contribution in [2.45, 2.75) is 50.9 Å². The highest BCUT2D eigenvalue weighted by atomic mass is 16.7. The fourth-order valence-electron chi connectivity index (χ4n) is 3.16. The van der Waals surface area contributed by atoms with Gasteiger partial charge in [0.05, 0.1) is 6.10 Å². The number of ether oxygens (including phenoxy) is 2. The third-order valence-electron chi connectivity index (χ3n) is 4.20. The first-order valence-corrected chi connectivity index (χ1v) is 7.84. The molecule has 5 nitrogen and oxygen atoms in total. The second-order valence-corrected chi connectivity index (χ2v) is 6.29. The van der Waals surface area contributed by atoms with Crippen molar-refractivity contribution in [3.63, 3.8) is 0 Å². The van der Waals surface area contributed by atoms with Crippen molar-refractivity contribution in [1.82, 2.24) is 0 Å². The molecule has 2 aliphatic rings. The highest BCUT2D eigenvalue weighted by Crippen LogP contribution is 2.46. The normalized spacial score (nSPS) is 27.0. The van der Waals surface area contributed by atoms with Crippen LogP contribution >= 0.6 is 0 Å². The average Bonchev–Trinajstić information content (AvgIpc) is 2.88. The number of carbonyl (C=O) groups excluding carboxylic acids is 2. The second-order valence-electron chi connectivity index (χ2n) is 6.29. The standard InChI is InChI=1S/C18H20O5/c1-11(2)22-17(20)18(21)10-14(12-6-4-3-5-7-12)13-8-9-15(19)16(13)23-18/h3-7,11,14,21H,8-10H2,1-2H3/t14-,18+/m0/s1. The highest BCUT2D eigenvalue weighted by molar-refractivity contribution is 5.98. The SMILES string of the molecule is CC(C)OC(=O)[C@@]1(O)C[C@@H](c2ccccc2)C2=C(O1)C(=O)CC2. The van der Waals surface area contributed by atoms with E-state index in [2.05, 4.69) is 0 Å². The van der Waals surface area contributed by atoms with Crippen LogP contribution in [0.25, 0.3) is 0 Å². The fraction of sp³-hybridized carbons (Fsp3) is 0.444. The molecule has 1 aromatic carbocycles. The summed E-state index contributed by atoms with van der Waals surface area (Å²) in [6, 6.07) is 9.55. The van der Waals surface area contributed by atoms with Crippen LogP contribution in [-0.2, 0) is 19.1 Å². The fourth-order valence-corrected chi connectivity index (χ4v) is 3.16. The smallest absolute Gasteiger partial charge is 0.379 e. The lowest BCUT2D eigenvalue weighted by Crippen LogP contribution is -2.47. The van der Waals surface area contributed by atoms with Crippen molar-refractivity contribution in [3.05, 3.63) is 47.2 Å². The van der Waals surface area contributed by atoms with Gasteiger partial charge in [-0.1, -0.05) is 30.3 Å². The minimum Gasteiger partial charge on any atom is -0.458 e. The molecular weight excluding hydrogens is 296 g/mol. The molecule has 0 bridgehead atoms. The first-order chi connectivity index (χ1) is 10.9. The number of rotatable bonds is 3. The number of esters is 1. The number of allylic oxidation sites excluding steroid dienone is 2. The summed E-state index contributed by atoms with van der Waals surface area (Å²) < 4.78 is 10.5. The zero-order chi connectivity index (χ0) is 16.6. The van der Waals surface area contributed by atoms with Crippen molar-refractivity contribution in [2.75, 3.05) is 0 Å². The molecular formula is C18H20O5. The Balaban J connectivity index is 1.99. The number of benzene rings is 1. The van der Waals surface area contributed by atoms with Gasteiger partial charge in [0.15, 0.2) is 11.5 Å². The average molecular weight is 316 g/mol. The highest BCUT2D eigenvalue weighted by Gasteiger charge is 2.51. The van der Waals surface area contributed by atoms with Gasteiger partial charge in [-0.3, -0.25) is 4.79 Å². The maximum absolute atomic E-state index is 12.3. The number of ketones is 1. The molecule has 1 aliphatic carbocycles. The van der Waals surface area contributed by atoms with E-state index >= 15 is 0 Å². The Kier molecular flexibility index (Phi) is 3.98. The van der Waals surface area contributed by atoms with Gasteiger partial charge in [0, 0.05) is 18.8 Å². The van der Waals surface area contributed by atoms with E-state index in [9.17, 15) is 14.7 Å². The lowest BCUT2D eigenvalue weighted by Gasteiger charge is -2.36. The summed E-state index contributed by atoms with van der Waals surface area (Å²) in [6.07, 6.45) is 0.626. The molecule has 122 valence electrons. The molecule has 1 aromatic rings. The third-order valence-corrected chi connectivity index (χ3v) is 4.20. The van der Waals surface area contributed by atoms with Gasteiger partial charge in [-0.25, -0.2) is 4.79 Å². The summed E-state index contributed by atoms with van der Waals surface area (Å²) in [4.78, 5) is 24.3. The Morgan fingerprint density at radius 3 is 2.65 bits per heavy atom. The van der Waals surface area contributed by atoms with E-state index in [-0.39, 0.29) is 30.0 Å². The molecule has 3 rings (SSSR count). The molecule has 0 unspecified atom stereocenters. The summed E-state index contributed by atoms with van der Waals surface area (Å²) >= 11 is 0. The van der Waals surface area contributed by atoms with E-state index < -0.39 is 11.8 Å². The zero-order valence-electron chi connectivity index (χ0n) is 13.2. The van der Waals surface area contributed by atoms with Gasteiger partial charge in [-0.15, -0.1) is 0 Å². The van der Waals surface area contributed by atoms with Crippen LogP contribution in [-0.4, -0.2) is 28.8 Å². The molecule has 0 spiro atoms. The van der Waals surface area contributed by atoms with Gasteiger partial charge in [-0.2, -0.15) is 0 Å².